The van der Waals surface area contributed by atoms with Crippen molar-refractivity contribution in [3.8, 4) is 0 Å². The lowest BCUT2D eigenvalue weighted by Crippen LogP contribution is -2.41. The largest absolute Gasteiger partial charge is 0.459 e. The molecule has 7 heteroatoms. The first-order valence-electron chi connectivity index (χ1n) is 4.41. The third kappa shape index (κ3) is 6.89. The van der Waals surface area contributed by atoms with E-state index >= 15 is 0 Å². The summed E-state index contributed by atoms with van der Waals surface area (Å²) >= 11 is 0. The molecule has 0 fully saturated rings. The normalized spacial score (nSPS) is 13.0. The fourth-order valence-electron chi connectivity index (χ4n) is 0.975. The minimum atomic E-state index is -3.17. The van der Waals surface area contributed by atoms with Crippen LogP contribution in [0.4, 0.5) is 0 Å². The van der Waals surface area contributed by atoms with E-state index in [0.717, 1.165) is 6.26 Å². The lowest BCUT2D eigenvalue weighted by Gasteiger charge is -2.11. The lowest BCUT2D eigenvalue weighted by molar-refractivity contribution is -0.154. The Hall–Kier alpha value is -1.11. The fraction of sp³-hybridized carbons (Fsp3) is 0.750. The molecule has 0 aliphatic heterocycles. The number of carbonyl (C=O) groups excluding carboxylic acids is 2. The highest BCUT2D eigenvalue weighted by Gasteiger charge is 2.19. The molecule has 0 rings (SSSR count). The van der Waals surface area contributed by atoms with E-state index in [1.807, 2.05) is 0 Å². The highest BCUT2D eigenvalue weighted by atomic mass is 32.2. The van der Waals surface area contributed by atoms with E-state index in [0.29, 0.717) is 0 Å². The summed E-state index contributed by atoms with van der Waals surface area (Å²) in [6.07, 6.45) is 1.06. The van der Waals surface area contributed by atoms with Crippen LogP contribution in [0.25, 0.3) is 0 Å². The van der Waals surface area contributed by atoms with Crippen molar-refractivity contribution in [3.63, 3.8) is 0 Å². The number of hydrogen-bond donors (Lipinski definition) is 1. The van der Waals surface area contributed by atoms with E-state index in [2.05, 4.69) is 10.1 Å². The van der Waals surface area contributed by atoms with Gasteiger partial charge in [-0.2, -0.15) is 0 Å². The van der Waals surface area contributed by atoms with Gasteiger partial charge in [0.25, 0.3) is 0 Å². The molecule has 0 aliphatic rings. The molecule has 0 heterocycles. The van der Waals surface area contributed by atoms with Crippen LogP contribution in [0, 0.1) is 0 Å². The number of hydrogen-bond acceptors (Lipinski definition) is 5. The number of sulfone groups is 1. The number of ether oxygens (including phenoxy) is 1. The predicted octanol–water partition coefficient (Wildman–Crippen LogP) is -0.901. The third-order valence-corrected chi connectivity index (χ3v) is 2.50. The van der Waals surface area contributed by atoms with Crippen LogP contribution in [0.3, 0.4) is 0 Å². The molecular formula is C8H15NO5S. The highest BCUT2D eigenvalue weighted by Crippen LogP contribution is 1.90. The van der Waals surface area contributed by atoms with Gasteiger partial charge < -0.3 is 10.1 Å². The van der Waals surface area contributed by atoms with Gasteiger partial charge in [-0.25, -0.2) is 13.2 Å². The standard InChI is InChI=1S/C8H15NO5S/c1-4-14-8(11)7(10)9-6(2)5-15(3,12)13/h6H,4-5H2,1-3H3,(H,9,10). The molecule has 6 nitrogen and oxygen atoms in total. The van der Waals surface area contributed by atoms with Crippen LogP contribution < -0.4 is 5.32 Å². The Bertz CT molecular complexity index is 335. The predicted molar refractivity (Wildman–Crippen MR) is 53.9 cm³/mol. The van der Waals surface area contributed by atoms with Crippen LogP contribution in [0.2, 0.25) is 0 Å². The van der Waals surface area contributed by atoms with E-state index in [1.165, 1.54) is 6.92 Å². The van der Waals surface area contributed by atoms with Gasteiger partial charge in [0.05, 0.1) is 12.4 Å². The molecule has 0 aromatic rings. The zero-order chi connectivity index (χ0) is 12.1. The summed E-state index contributed by atoms with van der Waals surface area (Å²) < 4.78 is 26.1. The summed E-state index contributed by atoms with van der Waals surface area (Å²) in [7, 11) is -3.17. The summed E-state index contributed by atoms with van der Waals surface area (Å²) in [4.78, 5) is 21.9. The van der Waals surface area contributed by atoms with Crippen molar-refractivity contribution in [2.75, 3.05) is 18.6 Å². The van der Waals surface area contributed by atoms with Crippen molar-refractivity contribution in [2.24, 2.45) is 0 Å². The number of nitrogens with one attached hydrogen (secondary N) is 1. The number of amides is 1. The van der Waals surface area contributed by atoms with Crippen molar-refractivity contribution in [2.45, 2.75) is 19.9 Å². The van der Waals surface area contributed by atoms with Gasteiger partial charge in [0, 0.05) is 12.3 Å². The Balaban J connectivity index is 4.13. The van der Waals surface area contributed by atoms with E-state index in [-0.39, 0.29) is 12.4 Å². The van der Waals surface area contributed by atoms with Gasteiger partial charge in [0.1, 0.15) is 9.84 Å². The first-order chi connectivity index (χ1) is 6.76. The highest BCUT2D eigenvalue weighted by molar-refractivity contribution is 7.90. The molecule has 0 spiro atoms. The summed E-state index contributed by atoms with van der Waals surface area (Å²) in [6.45, 7) is 3.18. The van der Waals surface area contributed by atoms with Gasteiger partial charge in [0.2, 0.25) is 0 Å². The Labute approximate surface area is 88.9 Å². The van der Waals surface area contributed by atoms with Crippen molar-refractivity contribution >= 4 is 21.7 Å². The summed E-state index contributed by atoms with van der Waals surface area (Å²) in [5.74, 6) is -2.14. The zero-order valence-electron chi connectivity index (χ0n) is 8.94. The second-order valence-electron chi connectivity index (χ2n) is 3.19. The molecule has 1 N–H and O–H groups in total. The van der Waals surface area contributed by atoms with Crippen molar-refractivity contribution in [1.82, 2.24) is 5.32 Å². The second-order valence-corrected chi connectivity index (χ2v) is 5.37. The summed E-state index contributed by atoms with van der Waals surface area (Å²) in [5.41, 5.74) is 0. The quantitative estimate of drug-likeness (QED) is 0.505. The van der Waals surface area contributed by atoms with Crippen LogP contribution in [0.15, 0.2) is 0 Å². The molecule has 0 aromatic carbocycles. The molecule has 0 saturated carbocycles. The Morgan fingerprint density at radius 1 is 1.40 bits per heavy atom. The maximum Gasteiger partial charge on any atom is 0.396 e. The average molecular weight is 237 g/mol. The van der Waals surface area contributed by atoms with Gasteiger partial charge in [-0.05, 0) is 13.8 Å². The molecule has 0 aromatic heterocycles. The van der Waals surface area contributed by atoms with Crippen molar-refractivity contribution in [1.29, 1.82) is 0 Å². The van der Waals surface area contributed by atoms with Crippen LogP contribution in [-0.2, 0) is 24.2 Å². The van der Waals surface area contributed by atoms with Crippen LogP contribution in [-0.4, -0.2) is 45.0 Å². The van der Waals surface area contributed by atoms with Gasteiger partial charge >= 0.3 is 11.9 Å². The topological polar surface area (TPSA) is 89.5 Å². The lowest BCUT2D eigenvalue weighted by atomic mass is 10.4. The molecule has 0 radical (unpaired) electrons. The number of rotatable bonds is 4. The summed E-state index contributed by atoms with van der Waals surface area (Å²) in [6, 6.07) is -0.614. The molecular weight excluding hydrogens is 222 g/mol. The minimum absolute atomic E-state index is 0.104. The zero-order valence-corrected chi connectivity index (χ0v) is 9.76. The number of esters is 1. The Morgan fingerprint density at radius 2 is 1.93 bits per heavy atom. The van der Waals surface area contributed by atoms with E-state index < -0.39 is 27.8 Å². The fourth-order valence-corrected chi connectivity index (χ4v) is 1.97. The molecule has 0 bridgehead atoms. The smallest absolute Gasteiger partial charge is 0.396 e. The SMILES string of the molecule is CCOC(=O)C(=O)NC(C)CS(C)(=O)=O. The Kier molecular flexibility index (Phi) is 5.27. The van der Waals surface area contributed by atoms with Gasteiger partial charge in [-0.15, -0.1) is 0 Å². The third-order valence-electron chi connectivity index (χ3n) is 1.39. The maximum absolute atomic E-state index is 11.0. The van der Waals surface area contributed by atoms with Gasteiger partial charge in [0.15, 0.2) is 0 Å². The van der Waals surface area contributed by atoms with Gasteiger partial charge in [-0.1, -0.05) is 0 Å². The molecule has 1 amide bonds. The van der Waals surface area contributed by atoms with Crippen molar-refractivity contribution in [3.05, 3.63) is 0 Å². The maximum atomic E-state index is 11.0. The van der Waals surface area contributed by atoms with E-state index in [9.17, 15) is 18.0 Å². The van der Waals surface area contributed by atoms with Crippen LogP contribution in [0.5, 0.6) is 0 Å². The van der Waals surface area contributed by atoms with Crippen LogP contribution >= 0.6 is 0 Å². The molecule has 1 atom stereocenters. The minimum Gasteiger partial charge on any atom is -0.459 e. The van der Waals surface area contributed by atoms with E-state index in [1.54, 1.807) is 6.92 Å². The second kappa shape index (κ2) is 5.69. The molecule has 0 aliphatic carbocycles. The van der Waals surface area contributed by atoms with Crippen LogP contribution in [0.1, 0.15) is 13.8 Å². The molecule has 1 unspecified atom stereocenters. The monoisotopic (exact) mass is 237 g/mol. The average Bonchev–Trinajstić information content (AvgIpc) is 2.00. The number of carbonyl (C=O) groups is 2. The summed E-state index contributed by atoms with van der Waals surface area (Å²) in [5, 5.41) is 2.23. The molecule has 88 valence electrons. The van der Waals surface area contributed by atoms with Gasteiger partial charge in [-0.3, -0.25) is 4.79 Å². The van der Waals surface area contributed by atoms with E-state index in [4.69, 9.17) is 0 Å². The first kappa shape index (κ1) is 13.9. The Morgan fingerprint density at radius 3 is 2.33 bits per heavy atom. The van der Waals surface area contributed by atoms with Crippen molar-refractivity contribution < 1.29 is 22.7 Å². The first-order valence-corrected chi connectivity index (χ1v) is 6.47. The molecule has 0 saturated heterocycles. The molecule has 15 heavy (non-hydrogen) atoms.